The van der Waals surface area contributed by atoms with Gasteiger partial charge in [0.2, 0.25) is 0 Å². The largest absolute Gasteiger partial charge is 0.334 e. The third kappa shape index (κ3) is 1.88. The van der Waals surface area contributed by atoms with Crippen LogP contribution in [0.4, 0.5) is 0 Å². The molecular formula is C7H12Cl2N2. The van der Waals surface area contributed by atoms with Crippen LogP contribution in [-0.2, 0) is 12.9 Å². The highest BCUT2D eigenvalue weighted by Crippen LogP contribution is 2.08. The van der Waals surface area contributed by atoms with Crippen molar-refractivity contribution < 1.29 is 0 Å². The summed E-state index contributed by atoms with van der Waals surface area (Å²) >= 11 is 5.63. The zero-order valence-electron chi connectivity index (χ0n) is 6.89. The van der Waals surface area contributed by atoms with Crippen LogP contribution in [0.25, 0.3) is 0 Å². The Morgan fingerprint density at radius 3 is 2.18 bits per heavy atom. The van der Waals surface area contributed by atoms with Crippen molar-refractivity contribution in [1.82, 2.24) is 9.55 Å². The first kappa shape index (κ1) is 10.8. The molecule has 0 spiro atoms. The molecule has 1 aromatic heterocycles. The molecule has 4 heteroatoms. The Morgan fingerprint density at radius 2 is 2.00 bits per heavy atom. The van der Waals surface area contributed by atoms with Crippen LogP contribution >= 0.6 is 24.0 Å². The summed E-state index contributed by atoms with van der Waals surface area (Å²) in [4.78, 5) is 4.26. The number of aromatic nitrogens is 2. The molecule has 0 unspecified atom stereocenters. The Labute approximate surface area is 78.0 Å². The van der Waals surface area contributed by atoms with Crippen LogP contribution in [0.15, 0.2) is 0 Å². The Bertz CT molecular complexity index is 243. The predicted octanol–water partition coefficient (Wildman–Crippen LogP) is 2.20. The van der Waals surface area contributed by atoms with Gasteiger partial charge in [0.25, 0.3) is 0 Å². The number of hydrogen-bond acceptors (Lipinski definition) is 1. The quantitative estimate of drug-likeness (QED) is 0.628. The number of rotatable bonds is 1. The average molecular weight is 195 g/mol. The lowest BCUT2D eigenvalue weighted by atomic mass is 10.4. The van der Waals surface area contributed by atoms with E-state index in [0.29, 0.717) is 5.88 Å². The molecule has 0 bridgehead atoms. The van der Waals surface area contributed by atoms with Crippen molar-refractivity contribution in [2.75, 3.05) is 0 Å². The molecule has 64 valence electrons. The Morgan fingerprint density at radius 1 is 1.45 bits per heavy atom. The zero-order valence-corrected chi connectivity index (χ0v) is 8.46. The van der Waals surface area contributed by atoms with E-state index in [2.05, 4.69) is 4.98 Å². The van der Waals surface area contributed by atoms with Crippen molar-refractivity contribution in [2.45, 2.75) is 19.7 Å². The van der Waals surface area contributed by atoms with Gasteiger partial charge in [-0.15, -0.1) is 24.0 Å². The van der Waals surface area contributed by atoms with Gasteiger partial charge in [-0.2, -0.15) is 0 Å². The fourth-order valence-corrected chi connectivity index (χ4v) is 1.14. The number of imidazole rings is 1. The molecule has 0 radical (unpaired) electrons. The molecule has 0 saturated carbocycles. The van der Waals surface area contributed by atoms with E-state index in [4.69, 9.17) is 11.6 Å². The van der Waals surface area contributed by atoms with E-state index in [-0.39, 0.29) is 12.4 Å². The highest BCUT2D eigenvalue weighted by Gasteiger charge is 2.04. The lowest BCUT2D eigenvalue weighted by molar-refractivity contribution is 0.818. The monoisotopic (exact) mass is 194 g/mol. The molecule has 0 N–H and O–H groups in total. The summed E-state index contributed by atoms with van der Waals surface area (Å²) in [6, 6.07) is 0. The zero-order chi connectivity index (χ0) is 7.72. The van der Waals surface area contributed by atoms with Gasteiger partial charge in [0.05, 0.1) is 11.6 Å². The van der Waals surface area contributed by atoms with Crippen LogP contribution < -0.4 is 0 Å². The maximum atomic E-state index is 5.63. The summed E-state index contributed by atoms with van der Waals surface area (Å²) in [5, 5.41) is 0. The molecule has 1 heterocycles. The molecule has 0 amide bonds. The summed E-state index contributed by atoms with van der Waals surface area (Å²) in [5.41, 5.74) is 2.26. The van der Waals surface area contributed by atoms with E-state index in [0.717, 1.165) is 11.5 Å². The average Bonchev–Trinajstić information content (AvgIpc) is 2.17. The lowest BCUT2D eigenvalue weighted by Gasteiger charge is -1.97. The fourth-order valence-electron chi connectivity index (χ4n) is 0.905. The van der Waals surface area contributed by atoms with E-state index >= 15 is 0 Å². The molecule has 0 aromatic carbocycles. The molecule has 2 nitrogen and oxygen atoms in total. The first-order valence-electron chi connectivity index (χ1n) is 3.21. The molecule has 11 heavy (non-hydrogen) atoms. The molecular weight excluding hydrogens is 183 g/mol. The summed E-state index contributed by atoms with van der Waals surface area (Å²) in [6.45, 7) is 4.03. The predicted molar refractivity (Wildman–Crippen MR) is 49.5 cm³/mol. The Hall–Kier alpha value is -0.210. The summed E-state index contributed by atoms with van der Waals surface area (Å²) in [6.07, 6.45) is 0. The summed E-state index contributed by atoms with van der Waals surface area (Å²) in [5.74, 6) is 1.43. The van der Waals surface area contributed by atoms with Crippen LogP contribution in [0.5, 0.6) is 0 Å². The van der Waals surface area contributed by atoms with Gasteiger partial charge in [0.15, 0.2) is 0 Å². The molecule has 0 saturated heterocycles. The van der Waals surface area contributed by atoms with Gasteiger partial charge in [-0.1, -0.05) is 0 Å². The van der Waals surface area contributed by atoms with Crippen LogP contribution in [-0.4, -0.2) is 9.55 Å². The van der Waals surface area contributed by atoms with Gasteiger partial charge in [-0.25, -0.2) is 4.98 Å². The number of hydrogen-bond donors (Lipinski definition) is 0. The topological polar surface area (TPSA) is 17.8 Å². The second kappa shape index (κ2) is 3.98. The van der Waals surface area contributed by atoms with E-state index < -0.39 is 0 Å². The van der Waals surface area contributed by atoms with E-state index in [1.807, 2.05) is 25.5 Å². The van der Waals surface area contributed by atoms with Gasteiger partial charge >= 0.3 is 0 Å². The van der Waals surface area contributed by atoms with Gasteiger partial charge < -0.3 is 4.57 Å². The van der Waals surface area contributed by atoms with Gasteiger partial charge in [-0.3, -0.25) is 0 Å². The first-order valence-corrected chi connectivity index (χ1v) is 3.75. The Kier molecular flexibility index (Phi) is 3.90. The summed E-state index contributed by atoms with van der Waals surface area (Å²) in [7, 11) is 1.98. The maximum Gasteiger partial charge on any atom is 0.123 e. The van der Waals surface area contributed by atoms with Crippen LogP contribution in [0.2, 0.25) is 0 Å². The molecule has 0 atom stereocenters. The number of halogens is 2. The van der Waals surface area contributed by atoms with Crippen molar-refractivity contribution in [2.24, 2.45) is 7.05 Å². The molecule has 0 fully saturated rings. The van der Waals surface area contributed by atoms with Crippen molar-refractivity contribution in [3.05, 3.63) is 17.2 Å². The molecule has 0 aliphatic rings. The van der Waals surface area contributed by atoms with Crippen LogP contribution in [0.3, 0.4) is 0 Å². The van der Waals surface area contributed by atoms with E-state index in [1.165, 1.54) is 5.69 Å². The molecule has 1 aromatic rings. The number of alkyl halides is 1. The van der Waals surface area contributed by atoms with Gasteiger partial charge in [0, 0.05) is 12.7 Å². The molecule has 0 aliphatic heterocycles. The molecule has 0 aliphatic carbocycles. The van der Waals surface area contributed by atoms with Gasteiger partial charge in [0.1, 0.15) is 5.82 Å². The van der Waals surface area contributed by atoms with Crippen molar-refractivity contribution in [1.29, 1.82) is 0 Å². The Balaban J connectivity index is 0.000001000. The van der Waals surface area contributed by atoms with Crippen molar-refractivity contribution in [3.8, 4) is 0 Å². The van der Waals surface area contributed by atoms with E-state index in [1.54, 1.807) is 0 Å². The highest BCUT2D eigenvalue weighted by molar-refractivity contribution is 6.16. The lowest BCUT2D eigenvalue weighted by Crippen LogP contribution is -1.95. The van der Waals surface area contributed by atoms with Crippen LogP contribution in [0.1, 0.15) is 17.2 Å². The minimum Gasteiger partial charge on any atom is -0.334 e. The smallest absolute Gasteiger partial charge is 0.123 e. The minimum atomic E-state index is 0. The fraction of sp³-hybridized carbons (Fsp3) is 0.571. The minimum absolute atomic E-state index is 0. The molecule has 1 rings (SSSR count). The maximum absolute atomic E-state index is 5.63. The van der Waals surface area contributed by atoms with Crippen molar-refractivity contribution in [3.63, 3.8) is 0 Å². The van der Waals surface area contributed by atoms with Crippen molar-refractivity contribution >= 4 is 24.0 Å². The highest BCUT2D eigenvalue weighted by atomic mass is 35.5. The van der Waals surface area contributed by atoms with Crippen LogP contribution in [0, 0.1) is 13.8 Å². The second-order valence-corrected chi connectivity index (χ2v) is 2.66. The SMILES string of the molecule is Cc1nc(CCl)n(C)c1C.Cl. The van der Waals surface area contributed by atoms with E-state index in [9.17, 15) is 0 Å². The standard InChI is InChI=1S/C7H11ClN2.ClH/c1-5-6(2)10(3)7(4-8)9-5;/h4H2,1-3H3;1H. The number of aryl methyl sites for hydroxylation is 1. The van der Waals surface area contributed by atoms with Gasteiger partial charge in [-0.05, 0) is 13.8 Å². The number of nitrogens with zero attached hydrogens (tertiary/aromatic N) is 2. The first-order chi connectivity index (χ1) is 4.66. The second-order valence-electron chi connectivity index (χ2n) is 2.39. The summed E-state index contributed by atoms with van der Waals surface area (Å²) < 4.78 is 2.02. The normalized spacial score (nSPS) is 9.45. The third-order valence-electron chi connectivity index (χ3n) is 1.83. The third-order valence-corrected chi connectivity index (χ3v) is 2.07.